The maximum atomic E-state index is 12.8. The molecule has 1 aliphatic heterocycles. The fourth-order valence-electron chi connectivity index (χ4n) is 4.49. The second-order valence-electron chi connectivity index (χ2n) is 8.45. The number of benzene rings is 2. The highest BCUT2D eigenvalue weighted by atomic mass is 16.5. The fraction of sp³-hybridized carbons (Fsp3) is 0.259. The minimum absolute atomic E-state index is 0.00148. The highest BCUT2D eigenvalue weighted by Crippen LogP contribution is 2.33. The van der Waals surface area contributed by atoms with E-state index in [-0.39, 0.29) is 17.9 Å². The van der Waals surface area contributed by atoms with Gasteiger partial charge in [0.05, 0.1) is 18.0 Å². The van der Waals surface area contributed by atoms with E-state index >= 15 is 0 Å². The zero-order valence-electron chi connectivity index (χ0n) is 19.1. The molecular formula is C27H28N4O3. The summed E-state index contributed by atoms with van der Waals surface area (Å²) in [4.78, 5) is 20.3. The number of rotatable bonds is 8. The first kappa shape index (κ1) is 22.0. The lowest BCUT2D eigenvalue weighted by atomic mass is 9.91. The van der Waals surface area contributed by atoms with Crippen LogP contribution in [0.5, 0.6) is 17.2 Å². The summed E-state index contributed by atoms with van der Waals surface area (Å²) in [6.45, 7) is 3.73. The number of aryl methyl sites for hydroxylation is 1. The lowest BCUT2D eigenvalue weighted by Gasteiger charge is -2.20. The Balaban J connectivity index is 1.19. The van der Waals surface area contributed by atoms with E-state index in [0.717, 1.165) is 52.4 Å². The summed E-state index contributed by atoms with van der Waals surface area (Å²) >= 11 is 0. The Bertz CT molecular complexity index is 1250. The van der Waals surface area contributed by atoms with Gasteiger partial charge in [-0.1, -0.05) is 30.3 Å². The van der Waals surface area contributed by atoms with Gasteiger partial charge < -0.3 is 25.1 Å². The molecule has 1 saturated heterocycles. The molecule has 1 aliphatic rings. The van der Waals surface area contributed by atoms with Crippen molar-refractivity contribution in [2.24, 2.45) is 0 Å². The average Bonchev–Trinajstić information content (AvgIpc) is 3.51. The molecule has 3 N–H and O–H groups in total. The number of para-hydroxylation sites is 1. The normalized spacial score (nSPS) is 17.6. The first-order valence-corrected chi connectivity index (χ1v) is 11.6. The molecule has 0 saturated carbocycles. The summed E-state index contributed by atoms with van der Waals surface area (Å²) in [5, 5.41) is 7.33. The Morgan fingerprint density at radius 3 is 2.74 bits per heavy atom. The minimum Gasteiger partial charge on any atom is -0.492 e. The van der Waals surface area contributed by atoms with Gasteiger partial charge in [0, 0.05) is 18.3 Å². The van der Waals surface area contributed by atoms with Crippen LogP contribution in [-0.4, -0.2) is 41.6 Å². The number of pyridine rings is 1. The zero-order chi connectivity index (χ0) is 23.3. The molecule has 0 bridgehead atoms. The number of carbonyl (C=O) groups is 1. The molecule has 7 heteroatoms. The largest absolute Gasteiger partial charge is 0.492 e. The van der Waals surface area contributed by atoms with Gasteiger partial charge in [-0.25, -0.2) is 4.98 Å². The van der Waals surface area contributed by atoms with Crippen molar-refractivity contribution in [3.8, 4) is 17.2 Å². The predicted molar refractivity (Wildman–Crippen MR) is 131 cm³/mol. The lowest BCUT2D eigenvalue weighted by molar-refractivity contribution is -0.123. The van der Waals surface area contributed by atoms with Crippen molar-refractivity contribution >= 4 is 16.9 Å². The smallest absolute Gasteiger partial charge is 0.237 e. The van der Waals surface area contributed by atoms with Crippen molar-refractivity contribution in [3.05, 3.63) is 84.2 Å². The maximum absolute atomic E-state index is 12.8. The summed E-state index contributed by atoms with van der Waals surface area (Å²) in [6, 6.07) is 19.2. The van der Waals surface area contributed by atoms with Gasteiger partial charge in [-0.3, -0.25) is 4.79 Å². The van der Waals surface area contributed by atoms with E-state index in [4.69, 9.17) is 9.47 Å². The number of aromatic nitrogens is 2. The number of fused-ring (bicyclic) bond motifs is 1. The van der Waals surface area contributed by atoms with Crippen LogP contribution >= 0.6 is 0 Å². The van der Waals surface area contributed by atoms with E-state index in [2.05, 4.69) is 20.6 Å². The third-order valence-corrected chi connectivity index (χ3v) is 6.19. The second kappa shape index (κ2) is 9.97. The minimum atomic E-state index is -0.258. The summed E-state index contributed by atoms with van der Waals surface area (Å²) in [7, 11) is 0. The van der Waals surface area contributed by atoms with E-state index in [0.29, 0.717) is 13.2 Å². The highest BCUT2D eigenvalue weighted by molar-refractivity contribution is 5.86. The summed E-state index contributed by atoms with van der Waals surface area (Å²) in [5.74, 6) is 2.44. The van der Waals surface area contributed by atoms with Gasteiger partial charge in [0.1, 0.15) is 29.5 Å². The molecule has 34 heavy (non-hydrogen) atoms. The van der Waals surface area contributed by atoms with Crippen LogP contribution in [0.3, 0.4) is 0 Å². The third-order valence-electron chi connectivity index (χ3n) is 6.19. The van der Waals surface area contributed by atoms with Crippen LogP contribution in [0.15, 0.2) is 73.1 Å². The van der Waals surface area contributed by atoms with Crippen molar-refractivity contribution in [2.45, 2.75) is 25.3 Å². The number of nitrogens with zero attached hydrogens (tertiary/aromatic N) is 1. The van der Waals surface area contributed by atoms with E-state index in [1.54, 1.807) is 6.20 Å². The number of carbonyl (C=O) groups excluding carboxylic acids is 1. The third kappa shape index (κ3) is 4.75. The monoisotopic (exact) mass is 456 g/mol. The summed E-state index contributed by atoms with van der Waals surface area (Å²) in [5.41, 5.74) is 3.03. The van der Waals surface area contributed by atoms with Crippen LogP contribution in [0.4, 0.5) is 0 Å². The molecule has 4 aromatic rings. The quantitative estimate of drug-likeness (QED) is 0.344. The van der Waals surface area contributed by atoms with Crippen LogP contribution in [0.2, 0.25) is 0 Å². The van der Waals surface area contributed by atoms with Gasteiger partial charge in [0.2, 0.25) is 5.91 Å². The summed E-state index contributed by atoms with van der Waals surface area (Å²) < 4.78 is 11.8. The van der Waals surface area contributed by atoms with E-state index in [1.165, 1.54) is 0 Å². The van der Waals surface area contributed by atoms with Gasteiger partial charge in [0.25, 0.3) is 0 Å². The Labute approximate surface area is 198 Å². The number of ether oxygens (including phenoxy) is 2. The van der Waals surface area contributed by atoms with Crippen molar-refractivity contribution in [3.63, 3.8) is 0 Å². The molecule has 0 spiro atoms. The zero-order valence-corrected chi connectivity index (χ0v) is 19.1. The number of nitrogens with one attached hydrogen (secondary N) is 3. The van der Waals surface area contributed by atoms with E-state index in [1.807, 2.05) is 73.8 Å². The first-order valence-electron chi connectivity index (χ1n) is 11.6. The molecule has 5 rings (SSSR count). The molecule has 0 radical (unpaired) electrons. The molecule has 2 unspecified atom stereocenters. The number of aromatic amines is 1. The maximum Gasteiger partial charge on any atom is 0.237 e. The number of hydrogen-bond donors (Lipinski definition) is 3. The van der Waals surface area contributed by atoms with Gasteiger partial charge in [-0.05, 0) is 61.3 Å². The van der Waals surface area contributed by atoms with Crippen molar-refractivity contribution < 1.29 is 14.3 Å². The Kier molecular flexibility index (Phi) is 6.44. The number of amides is 1. The highest BCUT2D eigenvalue weighted by Gasteiger charge is 2.33. The molecule has 0 aliphatic carbocycles. The standard InChI is InChI=1S/C27H28N4O3/c1-18-17-31-26-24(18)23(12-14-29-26)34-21-9-7-19(8-10-21)22-11-13-28-25(22)27(32)30-15-16-33-20-5-3-2-4-6-20/h2-10,12,14,17,22,25,28H,11,13,15-16H2,1H3,(H,29,31)(H,30,32). The van der Waals surface area contributed by atoms with Crippen LogP contribution in [0.1, 0.15) is 23.5 Å². The predicted octanol–water partition coefficient (Wildman–Crippen LogP) is 4.30. The molecule has 3 heterocycles. The topological polar surface area (TPSA) is 88.3 Å². The average molecular weight is 457 g/mol. The van der Waals surface area contributed by atoms with E-state index in [9.17, 15) is 4.79 Å². The van der Waals surface area contributed by atoms with Gasteiger partial charge in [0.15, 0.2) is 0 Å². The van der Waals surface area contributed by atoms with Gasteiger partial charge in [-0.2, -0.15) is 0 Å². The van der Waals surface area contributed by atoms with Crippen LogP contribution < -0.4 is 20.1 Å². The molecule has 2 aromatic carbocycles. The lowest BCUT2D eigenvalue weighted by Crippen LogP contribution is -2.44. The Morgan fingerprint density at radius 1 is 1.09 bits per heavy atom. The molecule has 7 nitrogen and oxygen atoms in total. The second-order valence-corrected chi connectivity index (χ2v) is 8.45. The Hall–Kier alpha value is -3.84. The van der Waals surface area contributed by atoms with Crippen LogP contribution in [0, 0.1) is 6.92 Å². The number of H-pyrrole nitrogens is 1. The SMILES string of the molecule is Cc1c[nH]c2nccc(Oc3ccc(C4CCNC4C(=O)NCCOc4ccccc4)cc3)c12. The summed E-state index contributed by atoms with van der Waals surface area (Å²) in [6.07, 6.45) is 4.58. The van der Waals surface area contributed by atoms with Crippen LogP contribution in [-0.2, 0) is 4.79 Å². The Morgan fingerprint density at radius 2 is 1.91 bits per heavy atom. The molecule has 2 atom stereocenters. The first-order chi connectivity index (χ1) is 16.7. The molecule has 2 aromatic heterocycles. The molecule has 174 valence electrons. The van der Waals surface area contributed by atoms with Crippen molar-refractivity contribution in [2.75, 3.05) is 19.7 Å². The molecule has 1 fully saturated rings. The molecular weight excluding hydrogens is 428 g/mol. The van der Waals surface area contributed by atoms with Gasteiger partial charge >= 0.3 is 0 Å². The van der Waals surface area contributed by atoms with Crippen molar-refractivity contribution in [1.82, 2.24) is 20.6 Å². The van der Waals surface area contributed by atoms with E-state index < -0.39 is 0 Å². The number of hydrogen-bond acceptors (Lipinski definition) is 5. The van der Waals surface area contributed by atoms with Crippen molar-refractivity contribution in [1.29, 1.82) is 0 Å². The fourth-order valence-corrected chi connectivity index (χ4v) is 4.49. The van der Waals surface area contributed by atoms with Gasteiger partial charge in [-0.15, -0.1) is 0 Å². The molecule has 1 amide bonds. The van der Waals surface area contributed by atoms with Crippen LogP contribution in [0.25, 0.3) is 11.0 Å².